The third-order valence-corrected chi connectivity index (χ3v) is 5.18. The predicted octanol–water partition coefficient (Wildman–Crippen LogP) is 2.86. The van der Waals surface area contributed by atoms with Crippen LogP contribution in [0.5, 0.6) is 0 Å². The van der Waals surface area contributed by atoms with Gasteiger partial charge in [0.2, 0.25) is 10.0 Å². The summed E-state index contributed by atoms with van der Waals surface area (Å²) in [5.74, 6) is 0. The van der Waals surface area contributed by atoms with Crippen molar-refractivity contribution in [1.29, 1.82) is 0 Å². The van der Waals surface area contributed by atoms with E-state index in [1.807, 2.05) is 47.8 Å². The summed E-state index contributed by atoms with van der Waals surface area (Å²) in [5, 5.41) is 6.29. The monoisotopic (exact) mass is 306 g/mol. The van der Waals surface area contributed by atoms with E-state index in [1.54, 1.807) is 11.3 Å². The van der Waals surface area contributed by atoms with Crippen LogP contribution in [0.3, 0.4) is 0 Å². The molecular weight excluding hydrogens is 292 g/mol. The SMILES string of the molecule is CS(=O)(=O)N1N=C(c2ccccc2)C[C@H]1c1cccs1. The zero-order valence-electron chi connectivity index (χ0n) is 10.9. The second-order valence-electron chi connectivity index (χ2n) is 4.68. The van der Waals surface area contributed by atoms with Gasteiger partial charge in [-0.2, -0.15) is 9.52 Å². The van der Waals surface area contributed by atoms with Crippen LogP contribution in [-0.4, -0.2) is 24.8 Å². The topological polar surface area (TPSA) is 49.7 Å². The van der Waals surface area contributed by atoms with Gasteiger partial charge < -0.3 is 0 Å². The van der Waals surface area contributed by atoms with E-state index in [1.165, 1.54) is 10.7 Å². The minimum atomic E-state index is -3.37. The van der Waals surface area contributed by atoms with Gasteiger partial charge in [-0.3, -0.25) is 0 Å². The van der Waals surface area contributed by atoms with Crippen LogP contribution in [0.1, 0.15) is 22.9 Å². The van der Waals surface area contributed by atoms with Gasteiger partial charge in [-0.15, -0.1) is 11.3 Å². The Kier molecular flexibility index (Phi) is 3.35. The smallest absolute Gasteiger partial charge is 0.205 e. The fourth-order valence-electron chi connectivity index (χ4n) is 2.29. The molecule has 6 heteroatoms. The van der Waals surface area contributed by atoms with Gasteiger partial charge in [-0.05, 0) is 17.0 Å². The van der Waals surface area contributed by atoms with Crippen LogP contribution >= 0.6 is 11.3 Å². The van der Waals surface area contributed by atoms with E-state index in [-0.39, 0.29) is 6.04 Å². The number of nitrogens with zero attached hydrogens (tertiary/aromatic N) is 2. The molecule has 20 heavy (non-hydrogen) atoms. The van der Waals surface area contributed by atoms with Crippen LogP contribution in [-0.2, 0) is 10.0 Å². The third-order valence-electron chi connectivity index (χ3n) is 3.19. The van der Waals surface area contributed by atoms with Crippen molar-refractivity contribution < 1.29 is 8.42 Å². The lowest BCUT2D eigenvalue weighted by atomic mass is 10.0. The molecule has 0 unspecified atom stereocenters. The lowest BCUT2D eigenvalue weighted by Gasteiger charge is -2.19. The summed E-state index contributed by atoms with van der Waals surface area (Å²) in [6, 6.07) is 13.4. The fourth-order valence-corrected chi connectivity index (χ4v) is 4.07. The van der Waals surface area contributed by atoms with Crippen LogP contribution in [0.15, 0.2) is 52.9 Å². The largest absolute Gasteiger partial charge is 0.247 e. The maximum atomic E-state index is 11.9. The number of thiophene rings is 1. The lowest BCUT2D eigenvalue weighted by Crippen LogP contribution is -2.25. The zero-order chi connectivity index (χ0) is 14.2. The molecule has 0 bridgehead atoms. The van der Waals surface area contributed by atoms with E-state index >= 15 is 0 Å². The van der Waals surface area contributed by atoms with Gasteiger partial charge in [-0.25, -0.2) is 8.42 Å². The number of hydrogen-bond donors (Lipinski definition) is 0. The number of rotatable bonds is 3. The van der Waals surface area contributed by atoms with Gasteiger partial charge in [0.05, 0.1) is 12.0 Å². The van der Waals surface area contributed by atoms with Crippen LogP contribution in [0.2, 0.25) is 0 Å². The average Bonchev–Trinajstić information content (AvgIpc) is 3.08. The summed E-state index contributed by atoms with van der Waals surface area (Å²) in [6.07, 6.45) is 1.81. The standard InChI is InChI=1S/C14H14N2O2S2/c1-20(17,18)16-13(14-8-5-9-19-14)10-12(15-16)11-6-3-2-4-7-11/h2-9,13H,10H2,1H3/t13-/m0/s1. The molecule has 0 spiro atoms. The molecule has 1 aliphatic rings. The molecule has 0 saturated heterocycles. The Hall–Kier alpha value is -1.66. The number of sulfonamides is 1. The highest BCUT2D eigenvalue weighted by molar-refractivity contribution is 7.88. The summed E-state index contributed by atoms with van der Waals surface area (Å²) in [4.78, 5) is 1.02. The predicted molar refractivity (Wildman–Crippen MR) is 81.3 cm³/mol. The van der Waals surface area contributed by atoms with Gasteiger partial charge in [0, 0.05) is 11.3 Å². The van der Waals surface area contributed by atoms with Crippen molar-refractivity contribution in [2.24, 2.45) is 5.10 Å². The number of hydrogen-bond acceptors (Lipinski definition) is 4. The highest BCUT2D eigenvalue weighted by atomic mass is 32.2. The second kappa shape index (κ2) is 5.03. The maximum absolute atomic E-state index is 11.9. The van der Waals surface area contributed by atoms with Crippen LogP contribution < -0.4 is 0 Å². The molecule has 2 heterocycles. The lowest BCUT2D eigenvalue weighted by molar-refractivity contribution is 0.379. The highest BCUT2D eigenvalue weighted by Crippen LogP contribution is 2.36. The molecule has 0 amide bonds. The fraction of sp³-hybridized carbons (Fsp3) is 0.214. The molecular formula is C14H14N2O2S2. The Bertz CT molecular complexity index is 722. The average molecular weight is 306 g/mol. The molecule has 4 nitrogen and oxygen atoms in total. The molecule has 0 N–H and O–H groups in total. The molecule has 1 atom stereocenters. The third kappa shape index (κ3) is 2.48. The van der Waals surface area contributed by atoms with Crippen molar-refractivity contribution in [2.75, 3.05) is 6.26 Å². The maximum Gasteiger partial charge on any atom is 0.247 e. The normalized spacial score (nSPS) is 19.1. The van der Waals surface area contributed by atoms with Crippen molar-refractivity contribution in [2.45, 2.75) is 12.5 Å². The van der Waals surface area contributed by atoms with Crippen molar-refractivity contribution in [3.8, 4) is 0 Å². The van der Waals surface area contributed by atoms with E-state index in [0.29, 0.717) is 6.42 Å². The van der Waals surface area contributed by atoms with Gasteiger partial charge in [0.15, 0.2) is 0 Å². The van der Waals surface area contributed by atoms with E-state index < -0.39 is 10.0 Å². The van der Waals surface area contributed by atoms with Gasteiger partial charge in [0.25, 0.3) is 0 Å². The van der Waals surface area contributed by atoms with Gasteiger partial charge >= 0.3 is 0 Å². The Morgan fingerprint density at radius 1 is 1.20 bits per heavy atom. The van der Waals surface area contributed by atoms with Crippen molar-refractivity contribution in [3.05, 3.63) is 58.3 Å². The Balaban J connectivity index is 2.00. The summed E-state index contributed by atoms with van der Waals surface area (Å²) in [6.45, 7) is 0. The second-order valence-corrected chi connectivity index (χ2v) is 7.50. The van der Waals surface area contributed by atoms with Crippen molar-refractivity contribution >= 4 is 27.1 Å². The first-order chi connectivity index (χ1) is 9.55. The van der Waals surface area contributed by atoms with Crippen LogP contribution in [0.4, 0.5) is 0 Å². The molecule has 0 fully saturated rings. The molecule has 1 aromatic heterocycles. The Labute approximate surface area is 122 Å². The summed E-state index contributed by atoms with van der Waals surface area (Å²) in [7, 11) is -3.37. The first-order valence-corrected chi connectivity index (χ1v) is 8.94. The van der Waals surface area contributed by atoms with Crippen molar-refractivity contribution in [1.82, 2.24) is 4.41 Å². The molecule has 0 saturated carbocycles. The molecule has 0 radical (unpaired) electrons. The van der Waals surface area contributed by atoms with E-state index in [2.05, 4.69) is 5.10 Å². The molecule has 3 rings (SSSR count). The minimum absolute atomic E-state index is 0.222. The molecule has 0 aliphatic carbocycles. The number of hydrazone groups is 1. The molecule has 104 valence electrons. The first kappa shape index (κ1) is 13.3. The summed E-state index contributed by atoms with van der Waals surface area (Å²) < 4.78 is 25.1. The van der Waals surface area contributed by atoms with Crippen LogP contribution in [0.25, 0.3) is 0 Å². The van der Waals surface area contributed by atoms with E-state index in [9.17, 15) is 8.42 Å². The quantitative estimate of drug-likeness (QED) is 0.875. The Morgan fingerprint density at radius 3 is 2.55 bits per heavy atom. The molecule has 2 aromatic rings. The number of benzene rings is 1. The summed E-state index contributed by atoms with van der Waals surface area (Å²) in [5.41, 5.74) is 1.79. The Morgan fingerprint density at radius 2 is 1.95 bits per heavy atom. The molecule has 1 aromatic carbocycles. The highest BCUT2D eigenvalue weighted by Gasteiger charge is 2.34. The van der Waals surface area contributed by atoms with Gasteiger partial charge in [-0.1, -0.05) is 36.4 Å². The molecule has 1 aliphatic heterocycles. The zero-order valence-corrected chi connectivity index (χ0v) is 12.6. The van der Waals surface area contributed by atoms with E-state index in [0.717, 1.165) is 16.2 Å². The van der Waals surface area contributed by atoms with Crippen LogP contribution in [0, 0.1) is 0 Å². The van der Waals surface area contributed by atoms with E-state index in [4.69, 9.17) is 0 Å². The minimum Gasteiger partial charge on any atom is -0.205 e. The first-order valence-electron chi connectivity index (χ1n) is 6.21. The van der Waals surface area contributed by atoms with Crippen molar-refractivity contribution in [3.63, 3.8) is 0 Å². The summed E-state index contributed by atoms with van der Waals surface area (Å²) >= 11 is 1.56. The van der Waals surface area contributed by atoms with Gasteiger partial charge in [0.1, 0.15) is 6.04 Å².